The lowest BCUT2D eigenvalue weighted by Crippen LogP contribution is -2.55. The smallest absolute Gasteiger partial charge is 0.262 e. The Balaban J connectivity index is 1.53. The summed E-state index contributed by atoms with van der Waals surface area (Å²) in [7, 11) is 0. The van der Waals surface area contributed by atoms with Crippen LogP contribution >= 0.6 is 0 Å². The van der Waals surface area contributed by atoms with E-state index in [9.17, 15) is 9.90 Å². The highest BCUT2D eigenvalue weighted by molar-refractivity contribution is 5.75. The van der Waals surface area contributed by atoms with Crippen molar-refractivity contribution >= 4 is 10.9 Å². The third-order valence-electron chi connectivity index (χ3n) is 6.48. The number of pyridine rings is 1. The predicted molar refractivity (Wildman–Crippen MR) is 85.8 cm³/mol. The van der Waals surface area contributed by atoms with Gasteiger partial charge in [-0.2, -0.15) is 0 Å². The molecule has 23 heavy (non-hydrogen) atoms. The lowest BCUT2D eigenvalue weighted by molar-refractivity contribution is -0.139. The number of hydrogen-bond donors (Lipinski definition) is 1. The van der Waals surface area contributed by atoms with Gasteiger partial charge in [0.25, 0.3) is 5.56 Å². The van der Waals surface area contributed by atoms with E-state index >= 15 is 0 Å². The topological polar surface area (TPSA) is 68.0 Å². The Kier molecular flexibility index (Phi) is 2.75. The maximum atomic E-state index is 12.8. The second-order valence-electron chi connectivity index (χ2n) is 8.03. The standard InChI is InChI=1S/C18H21N3O2/c22-16-12-3-11-4-13(16)7-18(5-11,6-12)9-21-10-20-15-1-2-19-8-14(15)17(21)23/h1-2,8,10-13,16,22H,3-7,9H2/t11?,12-,13-,16?,18?/m0/s1. The average Bonchev–Trinajstić information content (AvgIpc) is 2.54. The molecule has 4 aliphatic rings. The number of rotatable bonds is 2. The third kappa shape index (κ3) is 1.99. The van der Waals surface area contributed by atoms with Crippen LogP contribution in [0.1, 0.15) is 32.1 Å². The van der Waals surface area contributed by atoms with E-state index in [1.54, 1.807) is 29.4 Å². The van der Waals surface area contributed by atoms with Crippen LogP contribution in [-0.2, 0) is 6.54 Å². The van der Waals surface area contributed by atoms with Crippen LogP contribution < -0.4 is 5.56 Å². The monoisotopic (exact) mass is 311 g/mol. The first-order chi connectivity index (χ1) is 11.1. The van der Waals surface area contributed by atoms with Gasteiger partial charge in [0.2, 0.25) is 0 Å². The second-order valence-corrected chi connectivity index (χ2v) is 8.03. The molecule has 4 saturated carbocycles. The van der Waals surface area contributed by atoms with Gasteiger partial charge in [-0.3, -0.25) is 14.3 Å². The minimum Gasteiger partial charge on any atom is -0.393 e. The summed E-state index contributed by atoms with van der Waals surface area (Å²) in [4.78, 5) is 21.2. The van der Waals surface area contributed by atoms with Crippen LogP contribution in [-0.4, -0.2) is 25.7 Å². The molecule has 0 radical (unpaired) electrons. The number of aliphatic hydroxyl groups is 1. The van der Waals surface area contributed by atoms with E-state index in [1.807, 2.05) is 0 Å². The van der Waals surface area contributed by atoms with Gasteiger partial charge in [0.15, 0.2) is 0 Å². The molecule has 0 amide bonds. The molecule has 2 atom stereocenters. The zero-order chi connectivity index (χ0) is 15.6. The van der Waals surface area contributed by atoms with Crippen molar-refractivity contribution < 1.29 is 5.11 Å². The Morgan fingerprint density at radius 2 is 2.04 bits per heavy atom. The van der Waals surface area contributed by atoms with Gasteiger partial charge >= 0.3 is 0 Å². The molecule has 0 unspecified atom stereocenters. The highest BCUT2D eigenvalue weighted by Gasteiger charge is 2.55. The molecule has 4 aliphatic carbocycles. The second kappa shape index (κ2) is 4.63. The number of aliphatic hydroxyl groups excluding tert-OH is 1. The first kappa shape index (κ1) is 13.7. The van der Waals surface area contributed by atoms with E-state index in [0.717, 1.165) is 25.3 Å². The van der Waals surface area contributed by atoms with E-state index < -0.39 is 0 Å². The molecule has 4 bridgehead atoms. The van der Waals surface area contributed by atoms with Crippen molar-refractivity contribution in [2.24, 2.45) is 23.2 Å². The number of aromatic nitrogens is 3. The normalized spacial score (nSPS) is 38.3. The Hall–Kier alpha value is -1.75. The molecule has 2 heterocycles. The third-order valence-corrected chi connectivity index (χ3v) is 6.48. The minimum absolute atomic E-state index is 0.0133. The van der Waals surface area contributed by atoms with Crippen LogP contribution in [0.25, 0.3) is 10.9 Å². The highest BCUT2D eigenvalue weighted by atomic mass is 16.3. The Labute approximate surface area is 134 Å². The van der Waals surface area contributed by atoms with Crippen molar-refractivity contribution in [1.29, 1.82) is 0 Å². The van der Waals surface area contributed by atoms with Gasteiger partial charge in [-0.25, -0.2) is 4.98 Å². The van der Waals surface area contributed by atoms with Gasteiger partial charge in [-0.05, 0) is 61.3 Å². The van der Waals surface area contributed by atoms with Crippen LogP contribution in [0.4, 0.5) is 0 Å². The molecule has 0 aromatic carbocycles. The molecule has 4 fully saturated rings. The summed E-state index contributed by atoms with van der Waals surface area (Å²) in [6, 6.07) is 1.78. The largest absolute Gasteiger partial charge is 0.393 e. The fraction of sp³-hybridized carbons (Fsp3) is 0.611. The molecular formula is C18H21N3O2. The van der Waals surface area contributed by atoms with Crippen LogP contribution in [0.15, 0.2) is 29.6 Å². The van der Waals surface area contributed by atoms with Crippen molar-refractivity contribution in [3.8, 4) is 0 Å². The summed E-state index contributed by atoms with van der Waals surface area (Å²) in [6.45, 7) is 0.736. The van der Waals surface area contributed by atoms with Crippen LogP contribution in [0, 0.1) is 23.2 Å². The molecule has 0 spiro atoms. The van der Waals surface area contributed by atoms with Gasteiger partial charge in [0.05, 0.1) is 23.3 Å². The van der Waals surface area contributed by atoms with E-state index in [1.165, 1.54) is 19.3 Å². The number of hydrogen-bond acceptors (Lipinski definition) is 4. The minimum atomic E-state index is -0.115. The summed E-state index contributed by atoms with van der Waals surface area (Å²) in [5.41, 5.74) is 0.901. The average molecular weight is 311 g/mol. The summed E-state index contributed by atoms with van der Waals surface area (Å²) < 4.78 is 1.78. The summed E-state index contributed by atoms with van der Waals surface area (Å²) in [6.07, 6.45) is 10.5. The molecular weight excluding hydrogens is 290 g/mol. The van der Waals surface area contributed by atoms with Gasteiger partial charge in [-0.15, -0.1) is 0 Å². The zero-order valence-corrected chi connectivity index (χ0v) is 13.1. The molecule has 2 aromatic heterocycles. The lowest BCUT2D eigenvalue weighted by atomic mass is 9.48. The number of fused-ring (bicyclic) bond motifs is 1. The van der Waals surface area contributed by atoms with E-state index in [0.29, 0.717) is 22.7 Å². The zero-order valence-electron chi connectivity index (χ0n) is 13.1. The van der Waals surface area contributed by atoms with Gasteiger partial charge < -0.3 is 5.11 Å². The first-order valence-electron chi connectivity index (χ1n) is 8.61. The molecule has 1 N–H and O–H groups in total. The Morgan fingerprint density at radius 3 is 2.83 bits per heavy atom. The summed E-state index contributed by atoms with van der Waals surface area (Å²) >= 11 is 0. The van der Waals surface area contributed by atoms with Gasteiger partial charge in [0, 0.05) is 18.9 Å². The first-order valence-corrected chi connectivity index (χ1v) is 8.61. The van der Waals surface area contributed by atoms with Crippen molar-refractivity contribution in [3.63, 3.8) is 0 Å². The fourth-order valence-corrected chi connectivity index (χ4v) is 5.84. The lowest BCUT2D eigenvalue weighted by Gasteiger charge is -2.58. The number of nitrogens with zero attached hydrogens (tertiary/aromatic N) is 3. The van der Waals surface area contributed by atoms with Gasteiger partial charge in [0.1, 0.15) is 0 Å². The fourth-order valence-electron chi connectivity index (χ4n) is 5.84. The molecule has 5 heteroatoms. The van der Waals surface area contributed by atoms with Crippen LogP contribution in [0.5, 0.6) is 0 Å². The molecule has 0 aliphatic heterocycles. The van der Waals surface area contributed by atoms with Crippen LogP contribution in [0.2, 0.25) is 0 Å². The van der Waals surface area contributed by atoms with Crippen molar-refractivity contribution in [2.75, 3.05) is 0 Å². The molecule has 2 aromatic rings. The van der Waals surface area contributed by atoms with E-state index in [-0.39, 0.29) is 17.1 Å². The van der Waals surface area contributed by atoms with Crippen molar-refractivity contribution in [3.05, 3.63) is 35.1 Å². The Morgan fingerprint density at radius 1 is 1.26 bits per heavy atom. The summed E-state index contributed by atoms with van der Waals surface area (Å²) in [5, 5.41) is 11.0. The quantitative estimate of drug-likeness (QED) is 0.921. The van der Waals surface area contributed by atoms with Crippen molar-refractivity contribution in [2.45, 2.75) is 44.8 Å². The maximum absolute atomic E-state index is 12.8. The van der Waals surface area contributed by atoms with E-state index in [2.05, 4.69) is 9.97 Å². The Bertz CT molecular complexity index is 814. The SMILES string of the molecule is O=c1c2cnccc2ncn1CC12CC3C[C@@H](C1)C(O)[C@@H](C3)C2. The molecule has 5 nitrogen and oxygen atoms in total. The highest BCUT2D eigenvalue weighted by Crippen LogP contribution is 2.60. The maximum Gasteiger partial charge on any atom is 0.262 e. The van der Waals surface area contributed by atoms with Crippen molar-refractivity contribution in [1.82, 2.24) is 14.5 Å². The molecule has 120 valence electrons. The van der Waals surface area contributed by atoms with Crippen LogP contribution in [0.3, 0.4) is 0 Å². The van der Waals surface area contributed by atoms with E-state index in [4.69, 9.17) is 0 Å². The molecule has 0 saturated heterocycles. The predicted octanol–water partition coefficient (Wildman–Crippen LogP) is 1.98. The summed E-state index contributed by atoms with van der Waals surface area (Å²) in [5.74, 6) is 1.61. The molecule has 6 rings (SSSR count). The van der Waals surface area contributed by atoms with Gasteiger partial charge in [-0.1, -0.05) is 0 Å².